The summed E-state index contributed by atoms with van der Waals surface area (Å²) in [5.41, 5.74) is 2.11. The highest BCUT2D eigenvalue weighted by Gasteiger charge is 2.22. The zero-order valence-corrected chi connectivity index (χ0v) is 16.7. The van der Waals surface area contributed by atoms with Crippen molar-refractivity contribution in [1.29, 1.82) is 0 Å². The third kappa shape index (κ3) is 3.80. The number of halogens is 2. The van der Waals surface area contributed by atoms with Crippen LogP contribution in [0.15, 0.2) is 57.0 Å². The summed E-state index contributed by atoms with van der Waals surface area (Å²) < 4.78 is 17.7. The minimum Gasteiger partial charge on any atom is -0.493 e. The molecule has 0 radical (unpaired) electrons. The van der Waals surface area contributed by atoms with Crippen molar-refractivity contribution in [3.8, 4) is 11.5 Å². The molecule has 0 aromatic heterocycles. The molecule has 2 aromatic carbocycles. The Morgan fingerprint density at radius 2 is 1.76 bits per heavy atom. The molecule has 1 aliphatic rings. The van der Waals surface area contributed by atoms with Crippen molar-refractivity contribution in [3.63, 3.8) is 0 Å². The van der Waals surface area contributed by atoms with Gasteiger partial charge in [-0.25, -0.2) is 4.79 Å². The second-order valence-electron chi connectivity index (χ2n) is 5.24. The highest BCUT2D eigenvalue weighted by atomic mass is 79.9. The molecule has 0 atom stereocenters. The van der Waals surface area contributed by atoms with Crippen LogP contribution in [0.3, 0.4) is 0 Å². The Kier molecular flexibility index (Phi) is 5.30. The highest BCUT2D eigenvalue weighted by molar-refractivity contribution is 9.10. The Morgan fingerprint density at radius 1 is 1.04 bits per heavy atom. The number of ether oxygens (including phenoxy) is 3. The minimum atomic E-state index is -0.385. The maximum absolute atomic E-state index is 12.2. The molecule has 3 rings (SSSR count). The van der Waals surface area contributed by atoms with E-state index in [1.165, 1.54) is 0 Å². The molecule has 0 saturated carbocycles. The summed E-state index contributed by atoms with van der Waals surface area (Å²) in [5.74, 6) is 1.32. The van der Waals surface area contributed by atoms with E-state index in [4.69, 9.17) is 14.2 Å². The summed E-state index contributed by atoms with van der Waals surface area (Å²) >= 11 is 6.84. The predicted molar refractivity (Wildman–Crippen MR) is 103 cm³/mol. The topological polar surface area (TPSA) is 44.8 Å². The average molecular weight is 466 g/mol. The van der Waals surface area contributed by atoms with E-state index in [0.29, 0.717) is 22.8 Å². The van der Waals surface area contributed by atoms with Crippen LogP contribution in [0.2, 0.25) is 0 Å². The zero-order valence-electron chi connectivity index (χ0n) is 13.5. The van der Waals surface area contributed by atoms with E-state index in [2.05, 4.69) is 31.9 Å². The number of hydrogen-bond acceptors (Lipinski definition) is 4. The van der Waals surface area contributed by atoms with Crippen LogP contribution in [0.4, 0.5) is 0 Å². The predicted octanol–water partition coefficient (Wildman–Crippen LogP) is 5.21. The SMILES string of the molecule is COc1cc(/C=C2\C=C(c3ccc(Br)cc3)OC2=O)cc(Br)c1OC. The second kappa shape index (κ2) is 7.45. The van der Waals surface area contributed by atoms with Crippen molar-refractivity contribution in [2.45, 2.75) is 0 Å². The number of carbonyl (C=O) groups is 1. The Hall–Kier alpha value is -2.05. The van der Waals surface area contributed by atoms with E-state index < -0.39 is 0 Å². The molecule has 1 heterocycles. The van der Waals surface area contributed by atoms with E-state index in [1.807, 2.05) is 30.3 Å². The molecular formula is C19H14Br2O4. The molecule has 0 fully saturated rings. The number of methoxy groups -OCH3 is 2. The maximum Gasteiger partial charge on any atom is 0.343 e. The molecule has 4 nitrogen and oxygen atoms in total. The van der Waals surface area contributed by atoms with Gasteiger partial charge in [0.1, 0.15) is 5.76 Å². The number of cyclic esters (lactones) is 1. The molecule has 128 valence electrons. The van der Waals surface area contributed by atoms with Crippen molar-refractivity contribution >= 4 is 49.7 Å². The molecule has 25 heavy (non-hydrogen) atoms. The summed E-state index contributed by atoms with van der Waals surface area (Å²) in [6, 6.07) is 11.2. The number of rotatable bonds is 4. The molecule has 0 aliphatic carbocycles. The van der Waals surface area contributed by atoms with Crippen LogP contribution in [0.1, 0.15) is 11.1 Å². The van der Waals surface area contributed by atoms with Gasteiger partial charge in [0, 0.05) is 10.0 Å². The standard InChI is InChI=1S/C19H14Br2O4/c1-23-17-9-11(8-15(21)18(17)24-2)7-13-10-16(25-19(13)22)12-3-5-14(20)6-4-12/h3-10H,1-2H3/b13-7+. The van der Waals surface area contributed by atoms with Gasteiger partial charge in [-0.2, -0.15) is 0 Å². The fourth-order valence-corrected chi connectivity index (χ4v) is 3.33. The van der Waals surface area contributed by atoms with Gasteiger partial charge < -0.3 is 14.2 Å². The number of esters is 1. The Morgan fingerprint density at radius 3 is 2.40 bits per heavy atom. The van der Waals surface area contributed by atoms with E-state index in [0.717, 1.165) is 20.1 Å². The summed E-state index contributed by atoms with van der Waals surface area (Å²) in [5, 5.41) is 0. The van der Waals surface area contributed by atoms with E-state index in [-0.39, 0.29) is 5.97 Å². The summed E-state index contributed by atoms with van der Waals surface area (Å²) in [7, 11) is 3.14. The molecule has 0 spiro atoms. The first-order valence-electron chi connectivity index (χ1n) is 7.35. The Bertz CT molecular complexity index is 883. The van der Waals surface area contributed by atoms with Gasteiger partial charge in [0.05, 0.1) is 24.3 Å². The normalized spacial score (nSPS) is 15.1. The lowest BCUT2D eigenvalue weighted by Crippen LogP contribution is -1.97. The first kappa shape index (κ1) is 17.8. The smallest absolute Gasteiger partial charge is 0.343 e. The Balaban J connectivity index is 1.97. The van der Waals surface area contributed by atoms with Crippen LogP contribution in [-0.2, 0) is 9.53 Å². The summed E-state index contributed by atoms with van der Waals surface area (Å²) in [4.78, 5) is 12.2. The molecule has 0 N–H and O–H groups in total. The molecule has 2 aromatic rings. The van der Waals surface area contributed by atoms with Crippen molar-refractivity contribution < 1.29 is 19.0 Å². The van der Waals surface area contributed by atoms with E-state index >= 15 is 0 Å². The second-order valence-corrected chi connectivity index (χ2v) is 7.01. The van der Waals surface area contributed by atoms with Crippen LogP contribution in [0, 0.1) is 0 Å². The van der Waals surface area contributed by atoms with Crippen LogP contribution in [-0.4, -0.2) is 20.2 Å². The van der Waals surface area contributed by atoms with Gasteiger partial charge in [-0.15, -0.1) is 0 Å². The lowest BCUT2D eigenvalue weighted by atomic mass is 10.1. The van der Waals surface area contributed by atoms with Gasteiger partial charge >= 0.3 is 5.97 Å². The van der Waals surface area contributed by atoms with Gasteiger partial charge in [-0.1, -0.05) is 28.1 Å². The third-order valence-corrected chi connectivity index (χ3v) is 4.75. The highest BCUT2D eigenvalue weighted by Crippen LogP contribution is 2.37. The van der Waals surface area contributed by atoms with Gasteiger partial charge in [0.25, 0.3) is 0 Å². The average Bonchev–Trinajstić information content (AvgIpc) is 2.95. The van der Waals surface area contributed by atoms with E-state index in [9.17, 15) is 4.79 Å². The van der Waals surface area contributed by atoms with Gasteiger partial charge in [0.2, 0.25) is 0 Å². The largest absolute Gasteiger partial charge is 0.493 e. The summed E-state index contributed by atoms with van der Waals surface area (Å²) in [6.45, 7) is 0. The fourth-order valence-electron chi connectivity index (χ4n) is 2.45. The van der Waals surface area contributed by atoms with Crippen molar-refractivity contribution in [1.82, 2.24) is 0 Å². The van der Waals surface area contributed by atoms with Crippen LogP contribution >= 0.6 is 31.9 Å². The first-order valence-corrected chi connectivity index (χ1v) is 8.93. The molecule has 6 heteroatoms. The maximum atomic E-state index is 12.2. The Labute approximate surface area is 162 Å². The molecule has 0 unspecified atom stereocenters. The molecule has 0 saturated heterocycles. The van der Waals surface area contributed by atoms with Crippen molar-refractivity contribution in [3.05, 3.63) is 68.1 Å². The van der Waals surface area contributed by atoms with Gasteiger partial charge in [-0.3, -0.25) is 0 Å². The quantitative estimate of drug-likeness (QED) is 0.459. The van der Waals surface area contributed by atoms with Crippen LogP contribution < -0.4 is 9.47 Å². The van der Waals surface area contributed by atoms with Crippen LogP contribution in [0.5, 0.6) is 11.5 Å². The first-order chi connectivity index (χ1) is 12.0. The van der Waals surface area contributed by atoms with Gasteiger partial charge in [0.15, 0.2) is 11.5 Å². The number of benzene rings is 2. The van der Waals surface area contributed by atoms with Crippen LogP contribution in [0.25, 0.3) is 11.8 Å². The number of carbonyl (C=O) groups excluding carboxylic acids is 1. The third-order valence-electron chi connectivity index (χ3n) is 3.63. The molecular weight excluding hydrogens is 452 g/mol. The van der Waals surface area contributed by atoms with Crippen molar-refractivity contribution in [2.75, 3.05) is 14.2 Å². The number of hydrogen-bond donors (Lipinski definition) is 0. The molecule has 0 bridgehead atoms. The summed E-state index contributed by atoms with van der Waals surface area (Å²) in [6.07, 6.45) is 3.48. The monoisotopic (exact) mass is 464 g/mol. The molecule has 0 amide bonds. The van der Waals surface area contributed by atoms with Crippen molar-refractivity contribution in [2.24, 2.45) is 0 Å². The lowest BCUT2D eigenvalue weighted by molar-refractivity contribution is -0.130. The van der Waals surface area contributed by atoms with E-state index in [1.54, 1.807) is 32.4 Å². The zero-order chi connectivity index (χ0) is 18.0. The lowest BCUT2D eigenvalue weighted by Gasteiger charge is -2.10. The minimum absolute atomic E-state index is 0.385. The fraction of sp³-hybridized carbons (Fsp3) is 0.105. The van der Waals surface area contributed by atoms with Gasteiger partial charge in [-0.05, 0) is 57.9 Å². The molecule has 1 aliphatic heterocycles.